The van der Waals surface area contributed by atoms with E-state index in [1.165, 1.54) is 81.9 Å². The van der Waals surface area contributed by atoms with Gasteiger partial charge in [-0.25, -0.2) is 14.4 Å². The average molecular weight is 582 g/mol. The number of alkyl carbamates (subject to hydrolysis) is 2. The van der Waals surface area contributed by atoms with Crippen LogP contribution in [-0.4, -0.2) is 60.8 Å². The number of rotatable bonds is 24. The smallest absolute Gasteiger partial charge is 0.410 e. The Hall–Kier alpha value is -2.45. The van der Waals surface area contributed by atoms with Gasteiger partial charge in [0.15, 0.2) is 6.23 Å². The fourth-order valence-corrected chi connectivity index (χ4v) is 4.96. The molecule has 1 saturated heterocycles. The minimum Gasteiger partial charge on any atom is -0.465 e. The van der Waals surface area contributed by atoms with E-state index in [1.54, 1.807) is 0 Å². The number of ether oxygens (including phenoxy) is 2. The molecule has 0 aromatic heterocycles. The molecule has 0 aliphatic carbocycles. The molecule has 3 amide bonds. The summed E-state index contributed by atoms with van der Waals surface area (Å²) in [5.41, 5.74) is 0. The van der Waals surface area contributed by atoms with Gasteiger partial charge in [-0.05, 0) is 64.2 Å². The molecular weight excluding hydrogens is 522 g/mol. The summed E-state index contributed by atoms with van der Waals surface area (Å²) in [6, 6.07) is 0. The van der Waals surface area contributed by atoms with Crippen LogP contribution in [0.2, 0.25) is 0 Å². The molecule has 9 nitrogen and oxygen atoms in total. The lowest BCUT2D eigenvalue weighted by molar-refractivity contribution is -0.0245. The number of unbranched alkanes of at least 4 members (excludes halogenated alkanes) is 15. The monoisotopic (exact) mass is 581 g/mol. The van der Waals surface area contributed by atoms with Gasteiger partial charge in [0.1, 0.15) is 0 Å². The number of hydrogen-bond acceptors (Lipinski definition) is 5. The molecule has 0 spiro atoms. The van der Waals surface area contributed by atoms with Crippen LogP contribution in [0.5, 0.6) is 0 Å². The first-order chi connectivity index (χ1) is 20.0. The molecule has 0 radical (unpaired) electrons. The number of nitrogens with one attached hydrogen (secondary N) is 2. The summed E-state index contributed by atoms with van der Waals surface area (Å²) in [7, 11) is 0. The number of carboxylic acid groups (broad SMARTS) is 1. The van der Waals surface area contributed by atoms with Gasteiger partial charge in [0.25, 0.3) is 0 Å². The number of hydrogen-bond donors (Lipinski definition) is 3. The molecule has 0 aromatic rings. The van der Waals surface area contributed by atoms with Gasteiger partial charge in [0.2, 0.25) is 0 Å². The Morgan fingerprint density at radius 2 is 1.27 bits per heavy atom. The highest BCUT2D eigenvalue weighted by atomic mass is 16.6. The summed E-state index contributed by atoms with van der Waals surface area (Å²) < 4.78 is 10.5. The molecular formula is C32H59N3O6. The SMILES string of the molecule is CCCCCCCCC=CCCCCCCCCNC(=O)OCCCCCCNC(=O)OC1CCCCN1C(=O)O. The molecule has 1 heterocycles. The molecule has 0 saturated carbocycles. The van der Waals surface area contributed by atoms with Gasteiger partial charge in [0.05, 0.1) is 6.61 Å². The minimum atomic E-state index is -1.06. The standard InChI is InChI=1S/C32H59N3O6/c1-2-3-4-5-6-7-8-9-10-11-12-13-14-15-16-20-25-33-30(36)40-28-23-18-17-21-26-34-31(37)41-29-24-19-22-27-35(29)32(38)39/h9-10,29H,2-8,11-28H2,1H3,(H,33,36)(H,34,37)(H,38,39). The quantitative estimate of drug-likeness (QED) is 0.0777. The summed E-state index contributed by atoms with van der Waals surface area (Å²) in [5.74, 6) is 0. The van der Waals surface area contributed by atoms with Gasteiger partial charge in [-0.15, -0.1) is 0 Å². The molecule has 238 valence electrons. The average Bonchev–Trinajstić information content (AvgIpc) is 2.96. The van der Waals surface area contributed by atoms with Crippen molar-refractivity contribution in [3.63, 3.8) is 0 Å². The van der Waals surface area contributed by atoms with E-state index in [9.17, 15) is 19.5 Å². The molecule has 1 aliphatic heterocycles. The van der Waals surface area contributed by atoms with Gasteiger partial charge in [0, 0.05) is 26.1 Å². The molecule has 3 N–H and O–H groups in total. The lowest BCUT2D eigenvalue weighted by atomic mass is 10.1. The fourth-order valence-electron chi connectivity index (χ4n) is 4.96. The molecule has 0 bridgehead atoms. The first-order valence-corrected chi connectivity index (χ1v) is 16.5. The van der Waals surface area contributed by atoms with Crippen molar-refractivity contribution in [2.24, 2.45) is 0 Å². The number of carbonyl (C=O) groups is 3. The normalized spacial score (nSPS) is 15.1. The van der Waals surface area contributed by atoms with Crippen molar-refractivity contribution in [2.75, 3.05) is 26.2 Å². The van der Waals surface area contributed by atoms with Crippen LogP contribution in [0.1, 0.15) is 142 Å². The number of carbonyl (C=O) groups excluding carboxylic acids is 2. The van der Waals surface area contributed by atoms with E-state index in [2.05, 4.69) is 29.7 Å². The highest BCUT2D eigenvalue weighted by molar-refractivity contribution is 5.69. The first-order valence-electron chi connectivity index (χ1n) is 16.5. The summed E-state index contributed by atoms with van der Waals surface area (Å²) in [6.07, 6.45) is 25.3. The fraction of sp³-hybridized carbons (Fsp3) is 0.844. The molecule has 0 aromatic carbocycles. The molecule has 1 atom stereocenters. The van der Waals surface area contributed by atoms with Gasteiger partial charge in [-0.2, -0.15) is 0 Å². The predicted molar refractivity (Wildman–Crippen MR) is 164 cm³/mol. The van der Waals surface area contributed by atoms with E-state index in [-0.39, 0.29) is 6.09 Å². The zero-order chi connectivity index (χ0) is 29.8. The Bertz CT molecular complexity index is 703. The van der Waals surface area contributed by atoms with Crippen molar-refractivity contribution in [2.45, 2.75) is 148 Å². The molecule has 1 rings (SSSR count). The Morgan fingerprint density at radius 1 is 0.732 bits per heavy atom. The third kappa shape index (κ3) is 21.9. The van der Waals surface area contributed by atoms with Gasteiger partial charge < -0.3 is 25.2 Å². The number of piperidine rings is 1. The maximum atomic E-state index is 11.9. The van der Waals surface area contributed by atoms with Crippen LogP contribution in [-0.2, 0) is 9.47 Å². The van der Waals surface area contributed by atoms with E-state index in [0.717, 1.165) is 51.4 Å². The van der Waals surface area contributed by atoms with E-state index in [0.29, 0.717) is 32.7 Å². The highest BCUT2D eigenvalue weighted by Crippen LogP contribution is 2.18. The van der Waals surface area contributed by atoms with Crippen molar-refractivity contribution in [3.8, 4) is 0 Å². The number of nitrogens with zero attached hydrogens (tertiary/aromatic N) is 1. The summed E-state index contributed by atoms with van der Waals surface area (Å²) >= 11 is 0. The zero-order valence-electron chi connectivity index (χ0n) is 25.8. The molecule has 41 heavy (non-hydrogen) atoms. The maximum Gasteiger partial charge on any atom is 0.410 e. The van der Waals surface area contributed by atoms with Crippen LogP contribution in [0, 0.1) is 0 Å². The van der Waals surface area contributed by atoms with Gasteiger partial charge in [-0.1, -0.05) is 83.3 Å². The van der Waals surface area contributed by atoms with E-state index >= 15 is 0 Å². The van der Waals surface area contributed by atoms with Crippen LogP contribution in [0.4, 0.5) is 14.4 Å². The van der Waals surface area contributed by atoms with Crippen LogP contribution in [0.15, 0.2) is 12.2 Å². The second-order valence-corrected chi connectivity index (χ2v) is 11.2. The van der Waals surface area contributed by atoms with E-state index < -0.39 is 18.4 Å². The molecule has 9 heteroatoms. The summed E-state index contributed by atoms with van der Waals surface area (Å²) in [5, 5.41) is 14.7. The highest BCUT2D eigenvalue weighted by Gasteiger charge is 2.29. The Labute approximate surface area is 249 Å². The van der Waals surface area contributed by atoms with Crippen LogP contribution in [0.3, 0.4) is 0 Å². The van der Waals surface area contributed by atoms with Crippen molar-refractivity contribution < 1.29 is 29.0 Å². The number of amides is 3. The van der Waals surface area contributed by atoms with Crippen molar-refractivity contribution in [1.29, 1.82) is 0 Å². The maximum absolute atomic E-state index is 11.9. The Balaban J connectivity index is 1.81. The van der Waals surface area contributed by atoms with Crippen molar-refractivity contribution in [3.05, 3.63) is 12.2 Å². The topological polar surface area (TPSA) is 117 Å². The third-order valence-electron chi connectivity index (χ3n) is 7.47. The molecule has 1 unspecified atom stereocenters. The van der Waals surface area contributed by atoms with E-state index in [1.807, 2.05) is 0 Å². The first kappa shape index (κ1) is 36.6. The number of likely N-dealkylation sites (tertiary alicyclic amines) is 1. The van der Waals surface area contributed by atoms with Gasteiger partial charge >= 0.3 is 18.3 Å². The lowest BCUT2D eigenvalue weighted by Gasteiger charge is -2.32. The molecule has 1 aliphatic rings. The second kappa shape index (κ2) is 26.4. The largest absolute Gasteiger partial charge is 0.465 e. The van der Waals surface area contributed by atoms with Crippen LogP contribution >= 0.6 is 0 Å². The second-order valence-electron chi connectivity index (χ2n) is 11.2. The van der Waals surface area contributed by atoms with Gasteiger partial charge in [-0.3, -0.25) is 4.90 Å². The Kier molecular flexibility index (Phi) is 23.6. The zero-order valence-corrected chi connectivity index (χ0v) is 25.8. The summed E-state index contributed by atoms with van der Waals surface area (Å²) in [4.78, 5) is 36.1. The summed E-state index contributed by atoms with van der Waals surface area (Å²) in [6.45, 7) is 4.17. The minimum absolute atomic E-state index is 0.347. The number of allylic oxidation sites excluding steroid dienone is 2. The molecule has 1 fully saturated rings. The van der Waals surface area contributed by atoms with Crippen LogP contribution < -0.4 is 10.6 Å². The van der Waals surface area contributed by atoms with E-state index in [4.69, 9.17) is 9.47 Å². The van der Waals surface area contributed by atoms with Crippen molar-refractivity contribution in [1.82, 2.24) is 15.5 Å². The Morgan fingerprint density at radius 3 is 1.88 bits per heavy atom. The van der Waals surface area contributed by atoms with Crippen molar-refractivity contribution >= 4 is 18.3 Å². The predicted octanol–water partition coefficient (Wildman–Crippen LogP) is 8.53. The third-order valence-corrected chi connectivity index (χ3v) is 7.47. The van der Waals surface area contributed by atoms with Crippen LogP contribution in [0.25, 0.3) is 0 Å². The lowest BCUT2D eigenvalue weighted by Crippen LogP contribution is -2.46.